The molecule has 15 heavy (non-hydrogen) atoms. The molecule has 0 N–H and O–H groups in total. The fourth-order valence-corrected chi connectivity index (χ4v) is 1.49. The Morgan fingerprint density at radius 2 is 2.00 bits per heavy atom. The van der Waals surface area contributed by atoms with E-state index in [1.54, 1.807) is 0 Å². The Labute approximate surface area is 93.1 Å². The molecule has 0 bridgehead atoms. The van der Waals surface area contributed by atoms with Gasteiger partial charge in [0.15, 0.2) is 0 Å². The van der Waals surface area contributed by atoms with Crippen molar-refractivity contribution in [1.82, 2.24) is 10.2 Å². The molecule has 0 aliphatic heterocycles. The van der Waals surface area contributed by atoms with Gasteiger partial charge in [0.25, 0.3) is 0 Å². The predicted octanol–water partition coefficient (Wildman–Crippen LogP) is 2.96. The van der Waals surface area contributed by atoms with E-state index in [2.05, 4.69) is 10.2 Å². The van der Waals surface area contributed by atoms with E-state index in [1.165, 1.54) is 0 Å². The van der Waals surface area contributed by atoms with Crippen molar-refractivity contribution in [3.63, 3.8) is 0 Å². The first kappa shape index (κ1) is 10.2. The molecule has 0 aliphatic rings. The normalized spacial score (nSPS) is 12.7. The fraction of sp³-hybridized carbons (Fsp3) is 0.273. The Balaban J connectivity index is 2.24. The van der Waals surface area contributed by atoms with E-state index in [1.807, 2.05) is 37.3 Å². The molecular formula is C11H11ClN2O. The van der Waals surface area contributed by atoms with Gasteiger partial charge in [-0.15, -0.1) is 21.8 Å². The van der Waals surface area contributed by atoms with Crippen LogP contribution in [0.25, 0.3) is 0 Å². The topological polar surface area (TPSA) is 38.9 Å². The highest BCUT2D eigenvalue weighted by Crippen LogP contribution is 2.22. The number of benzene rings is 1. The van der Waals surface area contributed by atoms with Gasteiger partial charge in [-0.05, 0) is 12.5 Å². The summed E-state index contributed by atoms with van der Waals surface area (Å²) in [6.07, 6.45) is 0. The minimum absolute atomic E-state index is 0.107. The average molecular weight is 223 g/mol. The van der Waals surface area contributed by atoms with E-state index in [-0.39, 0.29) is 11.8 Å². The Hall–Kier alpha value is -1.35. The number of hydrogen-bond donors (Lipinski definition) is 0. The molecule has 1 aromatic carbocycles. The zero-order chi connectivity index (χ0) is 10.7. The number of aromatic nitrogens is 2. The minimum atomic E-state index is 0.107. The van der Waals surface area contributed by atoms with Gasteiger partial charge in [-0.1, -0.05) is 30.3 Å². The molecule has 0 saturated heterocycles. The molecule has 0 radical (unpaired) electrons. The Morgan fingerprint density at radius 1 is 1.27 bits per heavy atom. The molecule has 0 saturated carbocycles. The second-order valence-corrected chi connectivity index (χ2v) is 3.57. The molecule has 1 heterocycles. The van der Waals surface area contributed by atoms with Crippen LogP contribution in [0.1, 0.15) is 30.2 Å². The third-order valence-electron chi connectivity index (χ3n) is 2.27. The number of hydrogen-bond acceptors (Lipinski definition) is 3. The fourth-order valence-electron chi connectivity index (χ4n) is 1.38. The maximum absolute atomic E-state index is 5.59. The highest BCUT2D eigenvalue weighted by Gasteiger charge is 2.14. The van der Waals surface area contributed by atoms with E-state index in [0.717, 1.165) is 5.56 Å². The molecule has 1 unspecified atom stereocenters. The largest absolute Gasteiger partial charge is 0.423 e. The number of rotatable bonds is 3. The summed E-state index contributed by atoms with van der Waals surface area (Å²) in [4.78, 5) is 0. The third-order valence-corrected chi connectivity index (χ3v) is 2.50. The molecule has 0 amide bonds. The van der Waals surface area contributed by atoms with Gasteiger partial charge in [0, 0.05) is 0 Å². The monoisotopic (exact) mass is 222 g/mol. The molecule has 78 valence electrons. The van der Waals surface area contributed by atoms with Crippen LogP contribution in [-0.4, -0.2) is 10.2 Å². The Morgan fingerprint density at radius 3 is 2.60 bits per heavy atom. The number of alkyl halides is 1. The van der Waals surface area contributed by atoms with E-state index in [9.17, 15) is 0 Å². The summed E-state index contributed by atoms with van der Waals surface area (Å²) >= 11 is 5.59. The minimum Gasteiger partial charge on any atom is -0.423 e. The maximum atomic E-state index is 5.59. The molecule has 1 atom stereocenters. The Kier molecular flexibility index (Phi) is 3.02. The van der Waals surface area contributed by atoms with Crippen LogP contribution in [-0.2, 0) is 5.88 Å². The molecule has 2 aromatic rings. The first-order valence-electron chi connectivity index (χ1n) is 4.74. The van der Waals surface area contributed by atoms with Gasteiger partial charge in [-0.25, -0.2) is 0 Å². The number of halogens is 1. The first-order valence-corrected chi connectivity index (χ1v) is 5.28. The van der Waals surface area contributed by atoms with Gasteiger partial charge in [-0.2, -0.15) is 0 Å². The van der Waals surface area contributed by atoms with Crippen molar-refractivity contribution < 1.29 is 4.42 Å². The van der Waals surface area contributed by atoms with Crippen LogP contribution in [0.2, 0.25) is 0 Å². The second kappa shape index (κ2) is 4.45. The molecule has 2 rings (SSSR count). The van der Waals surface area contributed by atoms with Crippen LogP contribution in [0.4, 0.5) is 0 Å². The summed E-state index contributed by atoms with van der Waals surface area (Å²) < 4.78 is 5.39. The molecule has 0 aliphatic carbocycles. The Bertz CT molecular complexity index is 427. The molecule has 0 fully saturated rings. The molecule has 1 aromatic heterocycles. The molecule has 0 spiro atoms. The molecule has 3 nitrogen and oxygen atoms in total. The highest BCUT2D eigenvalue weighted by molar-refractivity contribution is 6.16. The van der Waals surface area contributed by atoms with Crippen molar-refractivity contribution in [3.8, 4) is 0 Å². The third kappa shape index (κ3) is 2.18. The molecule has 4 heteroatoms. The summed E-state index contributed by atoms with van der Waals surface area (Å²) in [5.74, 6) is 1.44. The van der Waals surface area contributed by atoms with Crippen molar-refractivity contribution in [3.05, 3.63) is 47.7 Å². The van der Waals surface area contributed by atoms with Gasteiger partial charge >= 0.3 is 0 Å². The average Bonchev–Trinajstić information content (AvgIpc) is 2.78. The van der Waals surface area contributed by atoms with Crippen molar-refractivity contribution in [2.75, 3.05) is 0 Å². The van der Waals surface area contributed by atoms with Gasteiger partial charge in [0.1, 0.15) is 5.88 Å². The summed E-state index contributed by atoms with van der Waals surface area (Å²) in [7, 11) is 0. The van der Waals surface area contributed by atoms with Gasteiger partial charge < -0.3 is 4.42 Å². The van der Waals surface area contributed by atoms with Crippen molar-refractivity contribution in [2.24, 2.45) is 0 Å². The van der Waals surface area contributed by atoms with Crippen LogP contribution in [0.3, 0.4) is 0 Å². The van der Waals surface area contributed by atoms with E-state index in [0.29, 0.717) is 11.8 Å². The summed E-state index contributed by atoms with van der Waals surface area (Å²) in [6, 6.07) is 10.0. The van der Waals surface area contributed by atoms with E-state index < -0.39 is 0 Å². The van der Waals surface area contributed by atoms with Crippen molar-refractivity contribution in [2.45, 2.75) is 18.7 Å². The SMILES string of the molecule is CC(c1ccccc1)c1nnc(CCl)o1. The number of nitrogens with zero attached hydrogens (tertiary/aromatic N) is 2. The van der Waals surface area contributed by atoms with Crippen LogP contribution in [0.5, 0.6) is 0 Å². The summed E-state index contributed by atoms with van der Waals surface area (Å²) in [5.41, 5.74) is 1.15. The zero-order valence-electron chi connectivity index (χ0n) is 8.35. The van der Waals surface area contributed by atoms with E-state index in [4.69, 9.17) is 16.0 Å². The van der Waals surface area contributed by atoms with Crippen LogP contribution >= 0.6 is 11.6 Å². The maximum Gasteiger partial charge on any atom is 0.231 e. The smallest absolute Gasteiger partial charge is 0.231 e. The predicted molar refractivity (Wildman–Crippen MR) is 57.8 cm³/mol. The lowest BCUT2D eigenvalue weighted by molar-refractivity contribution is 0.452. The lowest BCUT2D eigenvalue weighted by atomic mass is 10.0. The van der Waals surface area contributed by atoms with Gasteiger partial charge in [0.2, 0.25) is 11.8 Å². The van der Waals surface area contributed by atoms with Crippen molar-refractivity contribution >= 4 is 11.6 Å². The van der Waals surface area contributed by atoms with Gasteiger partial charge in [-0.3, -0.25) is 0 Å². The summed E-state index contributed by atoms with van der Waals surface area (Å²) in [6.45, 7) is 2.03. The van der Waals surface area contributed by atoms with Crippen LogP contribution in [0.15, 0.2) is 34.7 Å². The van der Waals surface area contributed by atoms with Gasteiger partial charge in [0.05, 0.1) is 5.92 Å². The van der Waals surface area contributed by atoms with E-state index >= 15 is 0 Å². The quantitative estimate of drug-likeness (QED) is 0.750. The lowest BCUT2D eigenvalue weighted by Crippen LogP contribution is -1.95. The highest BCUT2D eigenvalue weighted by atomic mass is 35.5. The van der Waals surface area contributed by atoms with Crippen LogP contribution in [0, 0.1) is 0 Å². The lowest BCUT2D eigenvalue weighted by Gasteiger charge is -2.05. The molecular weight excluding hydrogens is 212 g/mol. The summed E-state index contributed by atoms with van der Waals surface area (Å²) in [5, 5.41) is 7.79. The zero-order valence-corrected chi connectivity index (χ0v) is 9.11. The first-order chi connectivity index (χ1) is 7.31. The standard InChI is InChI=1S/C11H11ClN2O/c1-8(9-5-3-2-4-6-9)11-14-13-10(7-12)15-11/h2-6,8H,7H2,1H3. The second-order valence-electron chi connectivity index (χ2n) is 3.30. The van der Waals surface area contributed by atoms with Crippen LogP contribution < -0.4 is 0 Å². The van der Waals surface area contributed by atoms with Crippen molar-refractivity contribution in [1.29, 1.82) is 0 Å².